The van der Waals surface area contributed by atoms with Gasteiger partial charge in [-0.25, -0.2) is 9.18 Å². The molecule has 0 bridgehead atoms. The van der Waals surface area contributed by atoms with E-state index in [2.05, 4.69) is 26.6 Å². The highest BCUT2D eigenvalue weighted by Crippen LogP contribution is 2.27. The number of hydrogen-bond acceptors (Lipinski definition) is 2. The smallest absolute Gasteiger partial charge is 0.319 e. The summed E-state index contributed by atoms with van der Waals surface area (Å²) < 4.78 is 19.8. The van der Waals surface area contributed by atoms with E-state index in [0.717, 1.165) is 4.47 Å². The number of rotatable bonds is 6. The third-order valence-corrected chi connectivity index (χ3v) is 3.67. The van der Waals surface area contributed by atoms with Gasteiger partial charge in [0.1, 0.15) is 11.6 Å². The zero-order valence-electron chi connectivity index (χ0n) is 12.1. The number of carbonyl (C=O) groups is 1. The predicted molar refractivity (Wildman–Crippen MR) is 92.7 cm³/mol. The maximum atomic E-state index is 13.4. The second kappa shape index (κ2) is 8.74. The Labute approximate surface area is 147 Å². The Morgan fingerprint density at radius 2 is 2.04 bits per heavy atom. The minimum Gasteiger partial charge on any atom is -0.492 e. The molecule has 2 aromatic rings. The summed E-state index contributed by atoms with van der Waals surface area (Å²) in [5.41, 5.74) is 0.142. The first-order chi connectivity index (χ1) is 11.1. The summed E-state index contributed by atoms with van der Waals surface area (Å²) in [7, 11) is 0. The van der Waals surface area contributed by atoms with Crippen molar-refractivity contribution < 1.29 is 13.9 Å². The van der Waals surface area contributed by atoms with Gasteiger partial charge < -0.3 is 15.4 Å². The molecule has 23 heavy (non-hydrogen) atoms. The highest BCUT2D eigenvalue weighted by atomic mass is 79.9. The molecule has 2 amide bonds. The number of carbonyl (C=O) groups excluding carboxylic acids is 1. The summed E-state index contributed by atoms with van der Waals surface area (Å²) in [6.07, 6.45) is 0.594. The average molecular weight is 402 g/mol. The van der Waals surface area contributed by atoms with Crippen LogP contribution in [0, 0.1) is 5.82 Å². The molecule has 0 aliphatic rings. The summed E-state index contributed by atoms with van der Waals surface area (Å²) in [6, 6.07) is 10.9. The predicted octanol–water partition coefficient (Wildman–Crippen LogP) is 4.83. The molecule has 2 aromatic carbocycles. The van der Waals surface area contributed by atoms with Crippen molar-refractivity contribution in [3.63, 3.8) is 0 Å². The maximum absolute atomic E-state index is 13.4. The summed E-state index contributed by atoms with van der Waals surface area (Å²) in [5.74, 6) is 0.113. The quantitative estimate of drug-likeness (QED) is 0.681. The first-order valence-corrected chi connectivity index (χ1v) is 8.10. The van der Waals surface area contributed by atoms with Gasteiger partial charge in [-0.2, -0.15) is 0 Å². The van der Waals surface area contributed by atoms with Gasteiger partial charge >= 0.3 is 6.03 Å². The van der Waals surface area contributed by atoms with Crippen molar-refractivity contribution in [3.05, 3.63) is 57.8 Å². The Morgan fingerprint density at radius 1 is 1.26 bits per heavy atom. The molecular weight excluding hydrogens is 387 g/mol. The largest absolute Gasteiger partial charge is 0.492 e. The molecule has 0 aromatic heterocycles. The van der Waals surface area contributed by atoms with Gasteiger partial charge in [0.2, 0.25) is 0 Å². The average Bonchev–Trinajstić information content (AvgIpc) is 2.51. The van der Waals surface area contributed by atoms with E-state index in [4.69, 9.17) is 16.3 Å². The number of benzene rings is 2. The second-order valence-electron chi connectivity index (χ2n) is 4.64. The van der Waals surface area contributed by atoms with Crippen molar-refractivity contribution in [2.45, 2.75) is 6.42 Å². The molecular formula is C16H15BrClFN2O2. The van der Waals surface area contributed by atoms with Crippen LogP contribution in [-0.4, -0.2) is 19.2 Å². The molecule has 2 rings (SSSR count). The fourth-order valence-electron chi connectivity index (χ4n) is 1.78. The van der Waals surface area contributed by atoms with Crippen LogP contribution in [-0.2, 0) is 0 Å². The minimum atomic E-state index is -0.476. The van der Waals surface area contributed by atoms with Crippen molar-refractivity contribution in [1.29, 1.82) is 0 Å². The highest BCUT2D eigenvalue weighted by Gasteiger charge is 2.05. The van der Waals surface area contributed by atoms with Gasteiger partial charge in [0.05, 0.1) is 17.3 Å². The zero-order valence-corrected chi connectivity index (χ0v) is 14.5. The number of amides is 2. The van der Waals surface area contributed by atoms with E-state index in [1.165, 1.54) is 12.1 Å². The molecule has 0 radical (unpaired) electrons. The SMILES string of the molecule is O=C(NCCCOc1ccc(Br)cc1Cl)Nc1ccccc1F. The molecule has 0 spiro atoms. The lowest BCUT2D eigenvalue weighted by Crippen LogP contribution is -2.30. The topological polar surface area (TPSA) is 50.4 Å². The lowest BCUT2D eigenvalue weighted by molar-refractivity contribution is 0.250. The van der Waals surface area contributed by atoms with E-state index in [9.17, 15) is 9.18 Å². The van der Waals surface area contributed by atoms with Crippen molar-refractivity contribution >= 4 is 39.2 Å². The fraction of sp³-hybridized carbons (Fsp3) is 0.188. The van der Waals surface area contributed by atoms with Crippen molar-refractivity contribution in [2.75, 3.05) is 18.5 Å². The van der Waals surface area contributed by atoms with Gasteiger partial charge in [-0.05, 0) is 36.8 Å². The molecule has 0 aliphatic heterocycles. The number of hydrogen-bond donors (Lipinski definition) is 2. The van der Waals surface area contributed by atoms with Crippen LogP contribution in [0.4, 0.5) is 14.9 Å². The van der Waals surface area contributed by atoms with Crippen LogP contribution >= 0.6 is 27.5 Å². The lowest BCUT2D eigenvalue weighted by atomic mass is 10.3. The Kier molecular flexibility index (Phi) is 6.67. The van der Waals surface area contributed by atoms with Crippen molar-refractivity contribution in [3.8, 4) is 5.75 Å². The summed E-state index contributed by atoms with van der Waals surface area (Å²) in [4.78, 5) is 11.6. The van der Waals surface area contributed by atoms with E-state index in [1.807, 2.05) is 6.07 Å². The van der Waals surface area contributed by atoms with Gasteiger partial charge in [0, 0.05) is 11.0 Å². The number of ether oxygens (including phenoxy) is 1. The highest BCUT2D eigenvalue weighted by molar-refractivity contribution is 9.10. The molecule has 0 aliphatic carbocycles. The summed E-state index contributed by atoms with van der Waals surface area (Å²) >= 11 is 9.34. The number of halogens is 3. The Morgan fingerprint density at radius 3 is 2.78 bits per heavy atom. The molecule has 4 nitrogen and oxygen atoms in total. The zero-order chi connectivity index (χ0) is 16.7. The normalized spacial score (nSPS) is 10.2. The van der Waals surface area contributed by atoms with E-state index in [-0.39, 0.29) is 5.69 Å². The number of anilines is 1. The maximum Gasteiger partial charge on any atom is 0.319 e. The van der Waals surface area contributed by atoms with Crippen LogP contribution in [0.3, 0.4) is 0 Å². The number of para-hydroxylation sites is 1. The monoisotopic (exact) mass is 400 g/mol. The molecule has 0 saturated heterocycles. The molecule has 0 unspecified atom stereocenters. The van der Waals surface area contributed by atoms with E-state index >= 15 is 0 Å². The first kappa shape index (κ1) is 17.6. The number of nitrogens with one attached hydrogen (secondary N) is 2. The lowest BCUT2D eigenvalue weighted by Gasteiger charge is -2.10. The van der Waals surface area contributed by atoms with Crippen LogP contribution in [0.2, 0.25) is 5.02 Å². The van der Waals surface area contributed by atoms with Gasteiger partial charge in [-0.15, -0.1) is 0 Å². The molecule has 7 heteroatoms. The molecule has 0 saturated carbocycles. The third-order valence-electron chi connectivity index (χ3n) is 2.88. The van der Waals surface area contributed by atoms with Gasteiger partial charge in [0.15, 0.2) is 0 Å². The van der Waals surface area contributed by atoms with E-state index < -0.39 is 11.8 Å². The van der Waals surface area contributed by atoms with Crippen LogP contribution < -0.4 is 15.4 Å². The van der Waals surface area contributed by atoms with E-state index in [0.29, 0.717) is 30.3 Å². The Hall–Kier alpha value is -1.79. The van der Waals surface area contributed by atoms with Gasteiger partial charge in [-0.1, -0.05) is 39.7 Å². The fourth-order valence-corrected chi connectivity index (χ4v) is 2.51. The molecule has 0 atom stereocenters. The minimum absolute atomic E-state index is 0.142. The molecule has 122 valence electrons. The van der Waals surface area contributed by atoms with Crippen molar-refractivity contribution in [2.24, 2.45) is 0 Å². The second-order valence-corrected chi connectivity index (χ2v) is 5.96. The molecule has 0 heterocycles. The summed E-state index contributed by atoms with van der Waals surface area (Å²) in [5, 5.41) is 5.59. The number of urea groups is 1. The molecule has 0 fully saturated rings. The first-order valence-electron chi connectivity index (χ1n) is 6.93. The Balaban J connectivity index is 1.67. The van der Waals surface area contributed by atoms with Crippen LogP contribution in [0.1, 0.15) is 6.42 Å². The van der Waals surface area contributed by atoms with Gasteiger partial charge in [0.25, 0.3) is 0 Å². The molecule has 2 N–H and O–H groups in total. The third kappa shape index (κ3) is 5.73. The Bertz CT molecular complexity index is 685. The van der Waals surface area contributed by atoms with Crippen LogP contribution in [0.15, 0.2) is 46.9 Å². The van der Waals surface area contributed by atoms with Gasteiger partial charge in [-0.3, -0.25) is 0 Å². The summed E-state index contributed by atoms with van der Waals surface area (Å²) in [6.45, 7) is 0.801. The van der Waals surface area contributed by atoms with Crippen LogP contribution in [0.25, 0.3) is 0 Å². The van der Waals surface area contributed by atoms with E-state index in [1.54, 1.807) is 24.3 Å². The van der Waals surface area contributed by atoms with Crippen molar-refractivity contribution in [1.82, 2.24) is 5.32 Å². The van der Waals surface area contributed by atoms with Crippen LogP contribution in [0.5, 0.6) is 5.75 Å². The standard InChI is InChI=1S/C16H15BrClFN2O2/c17-11-6-7-15(12(18)10-11)23-9-3-8-20-16(22)21-14-5-2-1-4-13(14)19/h1-2,4-7,10H,3,8-9H2,(H2,20,21,22).